The predicted octanol–water partition coefficient (Wildman–Crippen LogP) is -0.0755. The van der Waals surface area contributed by atoms with Crippen LogP contribution in [-0.4, -0.2) is 56.8 Å². The summed E-state index contributed by atoms with van der Waals surface area (Å²) in [5.41, 5.74) is 0. The molecule has 1 aliphatic rings. The molecule has 3 N–H and O–H groups in total. The maximum atomic E-state index is 11.6. The number of piperidine rings is 1. The van der Waals surface area contributed by atoms with Gasteiger partial charge in [0.15, 0.2) is 0 Å². The van der Waals surface area contributed by atoms with Crippen molar-refractivity contribution in [3.05, 3.63) is 12.2 Å². The van der Waals surface area contributed by atoms with Crippen LogP contribution in [0.4, 0.5) is 4.79 Å². The minimum Gasteiger partial charge on any atom is -0.465 e. The highest BCUT2D eigenvalue weighted by Gasteiger charge is 2.22. The normalized spacial score (nSPS) is 16.6. The fourth-order valence-corrected chi connectivity index (χ4v) is 1.96. The van der Waals surface area contributed by atoms with E-state index in [1.54, 1.807) is 0 Å². The van der Waals surface area contributed by atoms with E-state index in [2.05, 4.69) is 20.5 Å². The molecule has 1 aliphatic heterocycles. The summed E-state index contributed by atoms with van der Waals surface area (Å²) < 4.78 is 0. The summed E-state index contributed by atoms with van der Waals surface area (Å²) in [5.74, 6) is 0.221. The first-order chi connectivity index (χ1) is 8.66. The summed E-state index contributed by atoms with van der Waals surface area (Å²) in [4.78, 5) is 27.4. The minimum absolute atomic E-state index is 0.193. The first kappa shape index (κ1) is 12.3. The van der Waals surface area contributed by atoms with E-state index in [0.29, 0.717) is 25.6 Å². The van der Waals surface area contributed by atoms with Gasteiger partial charge in [-0.15, -0.1) is 0 Å². The van der Waals surface area contributed by atoms with E-state index >= 15 is 0 Å². The van der Waals surface area contributed by atoms with Gasteiger partial charge in [0.2, 0.25) is 5.82 Å². The second kappa shape index (κ2) is 5.48. The molecular formula is C10H15N5O3. The van der Waals surface area contributed by atoms with Gasteiger partial charge in [0.1, 0.15) is 6.33 Å². The zero-order valence-corrected chi connectivity index (χ0v) is 9.80. The van der Waals surface area contributed by atoms with Crippen molar-refractivity contribution in [1.82, 2.24) is 25.4 Å². The lowest BCUT2D eigenvalue weighted by Crippen LogP contribution is -2.41. The minimum atomic E-state index is -0.876. The van der Waals surface area contributed by atoms with E-state index in [4.69, 9.17) is 5.11 Å². The average Bonchev–Trinajstić information content (AvgIpc) is 2.90. The topological polar surface area (TPSA) is 111 Å². The van der Waals surface area contributed by atoms with Crippen molar-refractivity contribution in [2.45, 2.75) is 12.8 Å². The molecule has 1 aromatic heterocycles. The van der Waals surface area contributed by atoms with Gasteiger partial charge in [-0.2, -0.15) is 5.10 Å². The van der Waals surface area contributed by atoms with Gasteiger partial charge in [-0.25, -0.2) is 9.78 Å². The lowest BCUT2D eigenvalue weighted by Gasteiger charge is -2.29. The molecule has 98 valence electrons. The molecule has 0 spiro atoms. The predicted molar refractivity (Wildman–Crippen MR) is 61.0 cm³/mol. The van der Waals surface area contributed by atoms with Gasteiger partial charge in [-0.3, -0.25) is 9.89 Å². The van der Waals surface area contributed by atoms with Crippen LogP contribution >= 0.6 is 0 Å². The standard InChI is InChI=1S/C10H15N5O3/c16-9(8-12-6-13-14-8)11-5-7-1-3-15(4-2-7)10(17)18/h6-7H,1-5H2,(H,11,16)(H,17,18)(H,12,13,14). The number of H-pyrrole nitrogens is 1. The van der Waals surface area contributed by atoms with Gasteiger partial charge in [-0.1, -0.05) is 0 Å². The fraction of sp³-hybridized carbons (Fsp3) is 0.600. The number of likely N-dealkylation sites (tertiary alicyclic amines) is 1. The molecule has 1 saturated heterocycles. The van der Waals surface area contributed by atoms with Crippen LogP contribution in [0.1, 0.15) is 23.5 Å². The maximum absolute atomic E-state index is 11.6. The first-order valence-electron chi connectivity index (χ1n) is 5.78. The Hall–Kier alpha value is -2.12. The SMILES string of the molecule is O=C(NCC1CCN(C(=O)O)CC1)c1ncn[nH]1. The number of nitrogens with one attached hydrogen (secondary N) is 2. The van der Waals surface area contributed by atoms with Gasteiger partial charge >= 0.3 is 6.09 Å². The van der Waals surface area contributed by atoms with Crippen LogP contribution in [-0.2, 0) is 0 Å². The molecule has 0 radical (unpaired) electrons. The molecule has 0 saturated carbocycles. The van der Waals surface area contributed by atoms with Gasteiger partial charge in [0.25, 0.3) is 5.91 Å². The van der Waals surface area contributed by atoms with Crippen LogP contribution < -0.4 is 5.32 Å². The summed E-state index contributed by atoms with van der Waals surface area (Å²) in [6.07, 6.45) is 1.94. The molecule has 1 aromatic rings. The number of carbonyl (C=O) groups excluding carboxylic acids is 1. The Kier molecular flexibility index (Phi) is 3.75. The van der Waals surface area contributed by atoms with Crippen molar-refractivity contribution < 1.29 is 14.7 Å². The summed E-state index contributed by atoms with van der Waals surface area (Å²) >= 11 is 0. The Morgan fingerprint density at radius 1 is 1.50 bits per heavy atom. The maximum Gasteiger partial charge on any atom is 0.407 e. The molecule has 2 heterocycles. The van der Waals surface area contributed by atoms with E-state index < -0.39 is 6.09 Å². The third-order valence-corrected chi connectivity index (χ3v) is 3.07. The third-order valence-electron chi connectivity index (χ3n) is 3.07. The third kappa shape index (κ3) is 2.96. The molecule has 8 nitrogen and oxygen atoms in total. The summed E-state index contributed by atoms with van der Waals surface area (Å²) in [7, 11) is 0. The van der Waals surface area contributed by atoms with E-state index in [0.717, 1.165) is 12.8 Å². The van der Waals surface area contributed by atoms with Crippen molar-refractivity contribution in [3.63, 3.8) is 0 Å². The highest BCUT2D eigenvalue weighted by molar-refractivity contribution is 5.90. The van der Waals surface area contributed by atoms with Crippen molar-refractivity contribution >= 4 is 12.0 Å². The van der Waals surface area contributed by atoms with E-state index in [-0.39, 0.29) is 11.7 Å². The largest absolute Gasteiger partial charge is 0.465 e. The Balaban J connectivity index is 1.72. The second-order valence-electron chi connectivity index (χ2n) is 4.26. The smallest absolute Gasteiger partial charge is 0.407 e. The highest BCUT2D eigenvalue weighted by Crippen LogP contribution is 2.16. The van der Waals surface area contributed by atoms with Gasteiger partial charge in [0.05, 0.1) is 0 Å². The Morgan fingerprint density at radius 3 is 2.78 bits per heavy atom. The lowest BCUT2D eigenvalue weighted by atomic mass is 9.97. The van der Waals surface area contributed by atoms with E-state index in [9.17, 15) is 9.59 Å². The highest BCUT2D eigenvalue weighted by atomic mass is 16.4. The van der Waals surface area contributed by atoms with Crippen LogP contribution in [0.2, 0.25) is 0 Å². The zero-order chi connectivity index (χ0) is 13.0. The molecule has 0 unspecified atom stereocenters. The van der Waals surface area contributed by atoms with Crippen molar-refractivity contribution in [2.75, 3.05) is 19.6 Å². The van der Waals surface area contributed by atoms with Crippen molar-refractivity contribution in [1.29, 1.82) is 0 Å². The number of nitrogens with zero attached hydrogens (tertiary/aromatic N) is 3. The quantitative estimate of drug-likeness (QED) is 0.698. The number of carbonyl (C=O) groups is 2. The molecular weight excluding hydrogens is 238 g/mol. The fourth-order valence-electron chi connectivity index (χ4n) is 1.96. The Bertz CT molecular complexity index is 411. The molecule has 1 fully saturated rings. The summed E-state index contributed by atoms with van der Waals surface area (Å²) in [6, 6.07) is 0. The Morgan fingerprint density at radius 2 is 2.22 bits per heavy atom. The molecule has 0 aliphatic carbocycles. The average molecular weight is 253 g/mol. The molecule has 8 heteroatoms. The monoisotopic (exact) mass is 253 g/mol. The molecule has 0 bridgehead atoms. The molecule has 2 amide bonds. The molecule has 18 heavy (non-hydrogen) atoms. The summed E-state index contributed by atoms with van der Waals surface area (Å²) in [6.45, 7) is 1.59. The number of aromatic nitrogens is 3. The van der Waals surface area contributed by atoms with Crippen molar-refractivity contribution in [3.8, 4) is 0 Å². The summed E-state index contributed by atoms with van der Waals surface area (Å²) in [5, 5.41) is 17.7. The van der Waals surface area contributed by atoms with Gasteiger partial charge in [0, 0.05) is 19.6 Å². The first-order valence-corrected chi connectivity index (χ1v) is 5.78. The van der Waals surface area contributed by atoms with Crippen LogP contribution in [0, 0.1) is 5.92 Å². The van der Waals surface area contributed by atoms with Crippen LogP contribution in [0.3, 0.4) is 0 Å². The number of aromatic amines is 1. The number of amides is 2. The molecule has 2 rings (SSSR count). The van der Waals surface area contributed by atoms with Gasteiger partial charge in [-0.05, 0) is 18.8 Å². The lowest BCUT2D eigenvalue weighted by molar-refractivity contribution is 0.0919. The Labute approximate surface area is 103 Å². The number of carboxylic acid groups (broad SMARTS) is 1. The van der Waals surface area contributed by atoms with Crippen molar-refractivity contribution in [2.24, 2.45) is 5.92 Å². The van der Waals surface area contributed by atoms with Crippen LogP contribution in [0.25, 0.3) is 0 Å². The number of rotatable bonds is 3. The van der Waals surface area contributed by atoms with Crippen LogP contribution in [0.5, 0.6) is 0 Å². The van der Waals surface area contributed by atoms with E-state index in [1.807, 2.05) is 0 Å². The van der Waals surface area contributed by atoms with Gasteiger partial charge < -0.3 is 15.3 Å². The van der Waals surface area contributed by atoms with Crippen LogP contribution in [0.15, 0.2) is 6.33 Å². The molecule has 0 atom stereocenters. The number of hydrogen-bond acceptors (Lipinski definition) is 4. The zero-order valence-electron chi connectivity index (χ0n) is 9.80. The van der Waals surface area contributed by atoms with E-state index in [1.165, 1.54) is 11.2 Å². The second-order valence-corrected chi connectivity index (χ2v) is 4.26. The molecule has 0 aromatic carbocycles. The number of hydrogen-bond donors (Lipinski definition) is 3.